The van der Waals surface area contributed by atoms with Crippen LogP contribution in [-0.4, -0.2) is 31.4 Å². The van der Waals surface area contributed by atoms with E-state index in [2.05, 4.69) is 49.1 Å². The zero-order valence-electron chi connectivity index (χ0n) is 15.8. The number of benzene rings is 3. The number of methoxy groups -OCH3 is 1. The van der Waals surface area contributed by atoms with Crippen LogP contribution in [0.1, 0.15) is 28.7 Å². The Morgan fingerprint density at radius 1 is 1.00 bits per heavy atom. The molecular weight excluding hydrogens is 322 g/mol. The Balaban J connectivity index is 1.87. The minimum atomic E-state index is 0.592. The lowest BCUT2D eigenvalue weighted by atomic mass is 9.83. The molecule has 3 aromatic rings. The van der Waals surface area contributed by atoms with E-state index in [9.17, 15) is 0 Å². The van der Waals surface area contributed by atoms with E-state index in [0.717, 1.165) is 38.5 Å². The van der Waals surface area contributed by atoms with Crippen molar-refractivity contribution in [1.82, 2.24) is 4.90 Å². The number of hydrogen-bond acceptors (Lipinski definition) is 3. The van der Waals surface area contributed by atoms with Crippen LogP contribution in [0, 0.1) is 13.8 Å². The molecule has 0 bridgehead atoms. The topological polar surface area (TPSA) is 21.7 Å². The van der Waals surface area contributed by atoms with Crippen molar-refractivity contribution in [3.63, 3.8) is 0 Å². The Labute approximate surface area is 154 Å². The van der Waals surface area contributed by atoms with Gasteiger partial charge in [-0.3, -0.25) is 4.90 Å². The second kappa shape index (κ2) is 5.97. The molecule has 0 N–H and O–H groups in total. The molecule has 2 aliphatic rings. The summed E-state index contributed by atoms with van der Waals surface area (Å²) in [6.45, 7) is 6.93. The van der Waals surface area contributed by atoms with E-state index < -0.39 is 0 Å². The van der Waals surface area contributed by atoms with E-state index in [1.54, 1.807) is 7.11 Å². The molecular formula is C23H25NO2. The minimum Gasteiger partial charge on any atom is -0.496 e. The molecule has 3 aromatic carbocycles. The van der Waals surface area contributed by atoms with E-state index in [4.69, 9.17) is 9.47 Å². The quantitative estimate of drug-likeness (QED) is 0.594. The predicted octanol–water partition coefficient (Wildman–Crippen LogP) is 4.72. The zero-order valence-corrected chi connectivity index (χ0v) is 15.8. The van der Waals surface area contributed by atoms with Gasteiger partial charge in [-0.2, -0.15) is 0 Å². The summed E-state index contributed by atoms with van der Waals surface area (Å²) >= 11 is 0. The molecule has 5 rings (SSSR count). The molecule has 0 amide bonds. The van der Waals surface area contributed by atoms with Crippen molar-refractivity contribution >= 4 is 21.5 Å². The van der Waals surface area contributed by atoms with Gasteiger partial charge in [0.2, 0.25) is 0 Å². The molecule has 3 heteroatoms. The summed E-state index contributed by atoms with van der Waals surface area (Å²) in [6, 6.07) is 12.1. The Kier molecular flexibility index (Phi) is 3.70. The SMILES string of the molecule is COc1cc2c3c(c4ccc(C)cc4c2cc1C)CN1COCC[C@@H]1C3. The average molecular weight is 347 g/mol. The summed E-state index contributed by atoms with van der Waals surface area (Å²) in [4.78, 5) is 2.50. The lowest BCUT2D eigenvalue weighted by molar-refractivity contribution is -0.0561. The molecule has 1 fully saturated rings. The third-order valence-corrected chi connectivity index (χ3v) is 6.18. The fourth-order valence-corrected chi connectivity index (χ4v) is 4.80. The average Bonchev–Trinajstić information content (AvgIpc) is 2.66. The maximum absolute atomic E-state index is 5.73. The van der Waals surface area contributed by atoms with Crippen LogP contribution in [0.15, 0.2) is 30.3 Å². The van der Waals surface area contributed by atoms with E-state index >= 15 is 0 Å². The number of nitrogens with zero attached hydrogens (tertiary/aromatic N) is 1. The van der Waals surface area contributed by atoms with Crippen molar-refractivity contribution in [2.24, 2.45) is 0 Å². The van der Waals surface area contributed by atoms with Crippen molar-refractivity contribution < 1.29 is 9.47 Å². The highest BCUT2D eigenvalue weighted by Crippen LogP contribution is 2.41. The molecule has 2 heterocycles. The van der Waals surface area contributed by atoms with E-state index in [1.165, 1.54) is 43.8 Å². The minimum absolute atomic E-state index is 0.592. The lowest BCUT2D eigenvalue weighted by Crippen LogP contribution is -2.45. The molecule has 0 spiro atoms. The third-order valence-electron chi connectivity index (χ3n) is 6.18. The Morgan fingerprint density at radius 3 is 2.69 bits per heavy atom. The van der Waals surface area contributed by atoms with Gasteiger partial charge < -0.3 is 9.47 Å². The summed E-state index contributed by atoms with van der Waals surface area (Å²) in [5, 5.41) is 5.49. The van der Waals surface area contributed by atoms with Crippen LogP contribution in [0.2, 0.25) is 0 Å². The van der Waals surface area contributed by atoms with Gasteiger partial charge in [0.1, 0.15) is 5.75 Å². The zero-order chi connectivity index (χ0) is 17.8. The summed E-state index contributed by atoms with van der Waals surface area (Å²) in [6.07, 6.45) is 2.22. The molecule has 1 atom stereocenters. The van der Waals surface area contributed by atoms with Crippen LogP contribution >= 0.6 is 0 Å². The van der Waals surface area contributed by atoms with Crippen molar-refractivity contribution in [2.45, 2.75) is 39.3 Å². The second-order valence-electron chi connectivity index (χ2n) is 7.80. The molecule has 0 saturated carbocycles. The normalized spacial score (nSPS) is 20.2. The van der Waals surface area contributed by atoms with Crippen LogP contribution in [0.25, 0.3) is 21.5 Å². The molecule has 0 aromatic heterocycles. The molecule has 26 heavy (non-hydrogen) atoms. The first-order valence-corrected chi connectivity index (χ1v) is 9.50. The van der Waals surface area contributed by atoms with Gasteiger partial charge in [-0.1, -0.05) is 23.8 Å². The third kappa shape index (κ3) is 2.34. The second-order valence-corrected chi connectivity index (χ2v) is 7.80. The first-order chi connectivity index (χ1) is 12.7. The number of ether oxygens (including phenoxy) is 2. The molecule has 0 radical (unpaired) electrons. The molecule has 0 aliphatic carbocycles. The van der Waals surface area contributed by atoms with E-state index in [1.807, 2.05) is 0 Å². The van der Waals surface area contributed by atoms with Gasteiger partial charge in [0.05, 0.1) is 13.8 Å². The van der Waals surface area contributed by atoms with Gasteiger partial charge in [-0.15, -0.1) is 0 Å². The smallest absolute Gasteiger partial charge is 0.122 e. The van der Waals surface area contributed by atoms with E-state index in [-0.39, 0.29) is 0 Å². The number of aryl methyl sites for hydroxylation is 2. The molecule has 0 unspecified atom stereocenters. The number of fused-ring (bicyclic) bond motifs is 7. The summed E-state index contributed by atoms with van der Waals surface area (Å²) in [7, 11) is 1.77. The van der Waals surface area contributed by atoms with Crippen LogP contribution in [0.5, 0.6) is 5.75 Å². The first kappa shape index (κ1) is 16.1. The predicted molar refractivity (Wildman–Crippen MR) is 106 cm³/mol. The Bertz CT molecular complexity index is 1020. The molecule has 2 aliphatic heterocycles. The maximum Gasteiger partial charge on any atom is 0.122 e. The van der Waals surface area contributed by atoms with Crippen molar-refractivity contribution in [3.8, 4) is 5.75 Å². The first-order valence-electron chi connectivity index (χ1n) is 9.50. The van der Waals surface area contributed by atoms with Gasteiger partial charge in [0.25, 0.3) is 0 Å². The van der Waals surface area contributed by atoms with Crippen LogP contribution in [0.4, 0.5) is 0 Å². The van der Waals surface area contributed by atoms with Crippen molar-refractivity contribution in [3.05, 3.63) is 52.6 Å². The highest BCUT2D eigenvalue weighted by atomic mass is 16.5. The highest BCUT2D eigenvalue weighted by Gasteiger charge is 2.31. The maximum atomic E-state index is 5.73. The van der Waals surface area contributed by atoms with E-state index in [0.29, 0.717) is 6.04 Å². The molecule has 134 valence electrons. The van der Waals surface area contributed by atoms with Gasteiger partial charge in [-0.25, -0.2) is 0 Å². The molecule has 3 nitrogen and oxygen atoms in total. The fourth-order valence-electron chi connectivity index (χ4n) is 4.80. The standard InChI is InChI=1S/C23H25NO2/c1-14-4-5-17-18(8-14)19-9-15(2)23(25-3)11-21(19)20-10-16-6-7-26-13-24(16)12-22(17)20/h4-5,8-9,11,16H,6-7,10,12-13H2,1-3H3/t16-/m1/s1. The monoisotopic (exact) mass is 347 g/mol. The van der Waals surface area contributed by atoms with Crippen LogP contribution in [-0.2, 0) is 17.7 Å². The van der Waals surface area contributed by atoms with Crippen molar-refractivity contribution in [1.29, 1.82) is 0 Å². The summed E-state index contributed by atoms with van der Waals surface area (Å²) in [5.41, 5.74) is 5.49. The lowest BCUT2D eigenvalue weighted by Gasteiger charge is -2.40. The Morgan fingerprint density at radius 2 is 1.85 bits per heavy atom. The Hall–Kier alpha value is -2.10. The van der Waals surface area contributed by atoms with Gasteiger partial charge in [0.15, 0.2) is 0 Å². The number of rotatable bonds is 1. The summed E-state index contributed by atoms with van der Waals surface area (Å²) in [5.74, 6) is 0.987. The number of hydrogen-bond donors (Lipinski definition) is 0. The van der Waals surface area contributed by atoms with Gasteiger partial charge in [0, 0.05) is 19.2 Å². The van der Waals surface area contributed by atoms with Gasteiger partial charge >= 0.3 is 0 Å². The van der Waals surface area contributed by atoms with Crippen LogP contribution < -0.4 is 4.74 Å². The van der Waals surface area contributed by atoms with Gasteiger partial charge in [-0.05, 0) is 77.1 Å². The fraction of sp³-hybridized carbons (Fsp3) is 0.391. The van der Waals surface area contributed by atoms with Crippen LogP contribution in [0.3, 0.4) is 0 Å². The van der Waals surface area contributed by atoms with Crippen molar-refractivity contribution in [2.75, 3.05) is 20.4 Å². The largest absolute Gasteiger partial charge is 0.496 e. The molecule has 1 saturated heterocycles. The highest BCUT2D eigenvalue weighted by molar-refractivity contribution is 6.11. The summed E-state index contributed by atoms with van der Waals surface area (Å²) < 4.78 is 11.4.